The van der Waals surface area contributed by atoms with Gasteiger partial charge >= 0.3 is 6.03 Å². The average molecular weight is 306 g/mol. The second-order valence-electron chi connectivity index (χ2n) is 4.36. The Hall–Kier alpha value is -2.21. The van der Waals surface area contributed by atoms with Gasteiger partial charge < -0.3 is 20.1 Å². The highest BCUT2D eigenvalue weighted by Crippen LogP contribution is 2.25. The lowest BCUT2D eigenvalue weighted by atomic mass is 10.2. The molecule has 0 aliphatic carbocycles. The number of urea groups is 1. The number of nitrogens with one attached hydrogen (secondary N) is 2. The van der Waals surface area contributed by atoms with E-state index >= 15 is 0 Å². The maximum atomic E-state index is 11.8. The Morgan fingerprint density at radius 3 is 2.48 bits per heavy atom. The van der Waals surface area contributed by atoms with E-state index in [-0.39, 0.29) is 6.03 Å². The molecule has 5 nitrogen and oxygen atoms in total. The van der Waals surface area contributed by atoms with Crippen LogP contribution in [0.2, 0.25) is 0 Å². The minimum Gasteiger partial charge on any atom is -0.497 e. The molecule has 0 aliphatic heterocycles. The van der Waals surface area contributed by atoms with Crippen LogP contribution in [0.5, 0.6) is 11.5 Å². The van der Waals surface area contributed by atoms with Gasteiger partial charge in [-0.05, 0) is 28.8 Å². The fraction of sp³-hybridized carbons (Fsp3) is 0.267. The van der Waals surface area contributed by atoms with Crippen LogP contribution in [0.4, 0.5) is 10.5 Å². The van der Waals surface area contributed by atoms with Crippen molar-refractivity contribution in [2.45, 2.75) is 6.42 Å². The zero-order valence-electron chi connectivity index (χ0n) is 12.0. The molecule has 0 radical (unpaired) electrons. The van der Waals surface area contributed by atoms with E-state index < -0.39 is 0 Å². The summed E-state index contributed by atoms with van der Waals surface area (Å²) in [4.78, 5) is 11.8. The topological polar surface area (TPSA) is 59.6 Å². The molecule has 0 fully saturated rings. The third kappa shape index (κ3) is 4.68. The van der Waals surface area contributed by atoms with Crippen molar-refractivity contribution in [2.75, 3.05) is 26.1 Å². The smallest absolute Gasteiger partial charge is 0.319 e. The van der Waals surface area contributed by atoms with Crippen molar-refractivity contribution in [3.63, 3.8) is 0 Å². The number of carbonyl (C=O) groups excluding carboxylic acids is 1. The Kier molecular flexibility index (Phi) is 5.45. The molecule has 112 valence electrons. The second-order valence-corrected chi connectivity index (χ2v) is 5.14. The Labute approximate surface area is 127 Å². The molecule has 0 saturated heterocycles. The lowest BCUT2D eigenvalue weighted by molar-refractivity contribution is 0.252. The van der Waals surface area contributed by atoms with Crippen molar-refractivity contribution < 1.29 is 14.3 Å². The van der Waals surface area contributed by atoms with Crippen LogP contribution in [-0.2, 0) is 6.42 Å². The van der Waals surface area contributed by atoms with E-state index in [1.165, 1.54) is 5.56 Å². The molecular formula is C15H18N2O3S. The van der Waals surface area contributed by atoms with Gasteiger partial charge in [0.05, 0.1) is 14.2 Å². The van der Waals surface area contributed by atoms with E-state index in [0.29, 0.717) is 23.7 Å². The summed E-state index contributed by atoms with van der Waals surface area (Å²) < 4.78 is 10.3. The lowest BCUT2D eigenvalue weighted by Crippen LogP contribution is -2.30. The molecule has 0 aliphatic rings. The molecule has 0 spiro atoms. The molecule has 1 aromatic carbocycles. The van der Waals surface area contributed by atoms with Crippen LogP contribution < -0.4 is 20.1 Å². The molecule has 1 aromatic heterocycles. The van der Waals surface area contributed by atoms with Gasteiger partial charge in [0.25, 0.3) is 0 Å². The Morgan fingerprint density at radius 1 is 1.19 bits per heavy atom. The van der Waals surface area contributed by atoms with Crippen LogP contribution in [0.15, 0.2) is 35.0 Å². The zero-order valence-corrected chi connectivity index (χ0v) is 12.8. The number of thiophene rings is 1. The largest absolute Gasteiger partial charge is 0.497 e. The third-order valence-corrected chi connectivity index (χ3v) is 3.62. The average Bonchev–Trinajstić information content (AvgIpc) is 3.00. The first kappa shape index (κ1) is 15.2. The van der Waals surface area contributed by atoms with E-state index in [0.717, 1.165) is 6.42 Å². The first-order valence-corrected chi connectivity index (χ1v) is 7.44. The Balaban J connectivity index is 1.86. The van der Waals surface area contributed by atoms with Crippen molar-refractivity contribution in [1.29, 1.82) is 0 Å². The van der Waals surface area contributed by atoms with Crippen molar-refractivity contribution in [3.05, 3.63) is 40.6 Å². The quantitative estimate of drug-likeness (QED) is 0.862. The van der Waals surface area contributed by atoms with Gasteiger partial charge in [0.1, 0.15) is 11.5 Å². The Bertz CT molecular complexity index is 562. The van der Waals surface area contributed by atoms with Gasteiger partial charge in [0.2, 0.25) is 0 Å². The van der Waals surface area contributed by atoms with Gasteiger partial charge in [-0.3, -0.25) is 0 Å². The van der Waals surface area contributed by atoms with E-state index in [1.54, 1.807) is 43.8 Å². The summed E-state index contributed by atoms with van der Waals surface area (Å²) in [5, 5.41) is 9.68. The minimum absolute atomic E-state index is 0.250. The summed E-state index contributed by atoms with van der Waals surface area (Å²) in [6, 6.07) is 7.03. The van der Waals surface area contributed by atoms with Gasteiger partial charge in [-0.2, -0.15) is 11.3 Å². The number of ether oxygens (including phenoxy) is 2. The molecular weight excluding hydrogens is 288 g/mol. The number of amides is 2. The maximum absolute atomic E-state index is 11.8. The monoisotopic (exact) mass is 306 g/mol. The maximum Gasteiger partial charge on any atom is 0.319 e. The number of hydrogen-bond acceptors (Lipinski definition) is 4. The number of carbonyl (C=O) groups is 1. The number of benzene rings is 1. The van der Waals surface area contributed by atoms with Crippen LogP contribution in [0.3, 0.4) is 0 Å². The summed E-state index contributed by atoms with van der Waals surface area (Å²) in [7, 11) is 3.14. The van der Waals surface area contributed by atoms with Crippen LogP contribution in [0.25, 0.3) is 0 Å². The summed E-state index contributed by atoms with van der Waals surface area (Å²) in [5.41, 5.74) is 1.85. The summed E-state index contributed by atoms with van der Waals surface area (Å²) in [6.07, 6.45) is 0.818. The molecule has 2 amide bonds. The van der Waals surface area contributed by atoms with Crippen molar-refractivity contribution >= 4 is 23.1 Å². The highest BCUT2D eigenvalue weighted by atomic mass is 32.1. The fourth-order valence-corrected chi connectivity index (χ4v) is 2.51. The van der Waals surface area contributed by atoms with Crippen LogP contribution in [0.1, 0.15) is 5.56 Å². The van der Waals surface area contributed by atoms with Gasteiger partial charge in [-0.15, -0.1) is 0 Å². The molecule has 21 heavy (non-hydrogen) atoms. The molecule has 0 bridgehead atoms. The van der Waals surface area contributed by atoms with Crippen LogP contribution >= 0.6 is 11.3 Å². The molecule has 0 unspecified atom stereocenters. The predicted molar refractivity (Wildman–Crippen MR) is 84.6 cm³/mol. The Morgan fingerprint density at radius 2 is 1.90 bits per heavy atom. The summed E-state index contributed by atoms with van der Waals surface area (Å²) in [6.45, 7) is 0.587. The van der Waals surface area contributed by atoms with Gasteiger partial charge in [-0.25, -0.2) is 4.79 Å². The molecule has 6 heteroatoms. The number of methoxy groups -OCH3 is 2. The van der Waals surface area contributed by atoms with Crippen LogP contribution in [-0.4, -0.2) is 26.8 Å². The second kappa shape index (κ2) is 7.54. The van der Waals surface area contributed by atoms with E-state index in [2.05, 4.69) is 22.1 Å². The van der Waals surface area contributed by atoms with E-state index in [9.17, 15) is 4.79 Å². The first-order chi connectivity index (χ1) is 10.2. The third-order valence-electron chi connectivity index (χ3n) is 2.89. The molecule has 2 N–H and O–H groups in total. The van der Waals surface area contributed by atoms with Crippen molar-refractivity contribution in [3.8, 4) is 11.5 Å². The fourth-order valence-electron chi connectivity index (χ4n) is 1.81. The lowest BCUT2D eigenvalue weighted by Gasteiger charge is -2.10. The van der Waals surface area contributed by atoms with Gasteiger partial charge in [0.15, 0.2) is 0 Å². The standard InChI is InChI=1S/C15H18N2O3S/c1-19-13-7-12(8-14(9-13)20-2)17-15(18)16-5-3-11-4-6-21-10-11/h4,6-10H,3,5H2,1-2H3,(H2,16,17,18). The molecule has 0 saturated carbocycles. The zero-order chi connectivity index (χ0) is 15.1. The van der Waals surface area contributed by atoms with Gasteiger partial charge in [0, 0.05) is 30.4 Å². The molecule has 0 atom stereocenters. The van der Waals surface area contributed by atoms with E-state index in [4.69, 9.17) is 9.47 Å². The highest BCUT2D eigenvalue weighted by Gasteiger charge is 2.05. The highest BCUT2D eigenvalue weighted by molar-refractivity contribution is 7.07. The first-order valence-electron chi connectivity index (χ1n) is 6.50. The number of anilines is 1. The van der Waals surface area contributed by atoms with Gasteiger partial charge in [-0.1, -0.05) is 0 Å². The minimum atomic E-state index is -0.250. The van der Waals surface area contributed by atoms with Crippen molar-refractivity contribution in [2.24, 2.45) is 0 Å². The molecule has 2 aromatic rings. The normalized spacial score (nSPS) is 10.0. The summed E-state index contributed by atoms with van der Waals surface area (Å²) in [5.74, 6) is 1.26. The number of rotatable bonds is 6. The van der Waals surface area contributed by atoms with Crippen molar-refractivity contribution in [1.82, 2.24) is 5.32 Å². The molecule has 2 rings (SSSR count). The van der Waals surface area contributed by atoms with E-state index in [1.807, 2.05) is 5.38 Å². The molecule has 1 heterocycles. The SMILES string of the molecule is COc1cc(NC(=O)NCCc2ccsc2)cc(OC)c1. The van der Waals surface area contributed by atoms with Crippen LogP contribution in [0, 0.1) is 0 Å². The number of hydrogen-bond donors (Lipinski definition) is 2. The predicted octanol–water partition coefficient (Wildman–Crippen LogP) is 3.13. The summed E-state index contributed by atoms with van der Waals surface area (Å²) >= 11 is 1.65.